The number of aromatic amines is 1. The molecule has 5 nitrogen and oxygen atoms in total. The first-order valence-electron chi connectivity index (χ1n) is 7.51. The Hall–Kier alpha value is -2.68. The Bertz CT molecular complexity index is 807. The molecular weight excluding hydrogens is 295 g/mol. The van der Waals surface area contributed by atoms with Crippen LogP contribution in [0.25, 0.3) is 0 Å². The lowest BCUT2D eigenvalue weighted by Crippen LogP contribution is -2.19. The van der Waals surface area contributed by atoms with Gasteiger partial charge in [0.05, 0.1) is 0 Å². The first kappa shape index (κ1) is 16.7. The van der Waals surface area contributed by atoms with Crippen LogP contribution in [0.3, 0.4) is 0 Å². The zero-order chi connectivity index (χ0) is 17.0. The highest BCUT2D eigenvalue weighted by atomic mass is 19.1. The summed E-state index contributed by atoms with van der Waals surface area (Å²) in [6.45, 7) is 5.92. The van der Waals surface area contributed by atoms with E-state index in [1.807, 2.05) is 6.07 Å². The van der Waals surface area contributed by atoms with Crippen molar-refractivity contribution in [3.63, 3.8) is 0 Å². The van der Waals surface area contributed by atoms with Crippen molar-refractivity contribution in [3.8, 4) is 6.07 Å². The summed E-state index contributed by atoms with van der Waals surface area (Å²) in [7, 11) is 0. The molecule has 120 valence electrons. The highest BCUT2D eigenvalue weighted by Crippen LogP contribution is 2.22. The van der Waals surface area contributed by atoms with E-state index in [9.17, 15) is 14.4 Å². The highest BCUT2D eigenvalue weighted by molar-refractivity contribution is 5.64. The van der Waals surface area contributed by atoms with Crippen molar-refractivity contribution >= 4 is 11.5 Å². The quantitative estimate of drug-likeness (QED) is 0.886. The second-order valence-electron chi connectivity index (χ2n) is 5.65. The molecule has 0 aliphatic rings. The minimum atomic E-state index is -0.489. The maximum atomic E-state index is 13.4. The van der Waals surface area contributed by atoms with E-state index < -0.39 is 11.4 Å². The lowest BCUT2D eigenvalue weighted by Gasteiger charge is -2.13. The molecule has 0 aliphatic carbocycles. The van der Waals surface area contributed by atoms with E-state index in [2.05, 4.69) is 29.1 Å². The average molecular weight is 314 g/mol. The zero-order valence-corrected chi connectivity index (χ0v) is 13.4. The number of aromatic nitrogens is 2. The van der Waals surface area contributed by atoms with Gasteiger partial charge in [0.25, 0.3) is 5.56 Å². The van der Waals surface area contributed by atoms with Crippen LogP contribution in [0.4, 0.5) is 15.9 Å². The van der Waals surface area contributed by atoms with Gasteiger partial charge in [0, 0.05) is 12.1 Å². The molecule has 6 heteroatoms. The van der Waals surface area contributed by atoms with E-state index in [0.29, 0.717) is 23.9 Å². The number of halogens is 1. The van der Waals surface area contributed by atoms with Crippen LogP contribution in [-0.2, 0) is 6.42 Å². The minimum Gasteiger partial charge on any atom is -0.339 e. The average Bonchev–Trinajstić information content (AvgIpc) is 2.50. The summed E-state index contributed by atoms with van der Waals surface area (Å²) in [4.78, 5) is 19.1. The van der Waals surface area contributed by atoms with E-state index in [-0.39, 0.29) is 11.4 Å². The first-order chi connectivity index (χ1) is 10.9. The number of H-pyrrole nitrogens is 1. The molecule has 2 aromatic rings. The van der Waals surface area contributed by atoms with Crippen molar-refractivity contribution in [2.24, 2.45) is 5.92 Å². The van der Waals surface area contributed by atoms with Crippen LogP contribution in [0, 0.1) is 30.0 Å². The molecule has 2 rings (SSSR count). The molecule has 0 unspecified atom stereocenters. The number of hydrogen-bond acceptors (Lipinski definition) is 4. The molecule has 1 aromatic heterocycles. The summed E-state index contributed by atoms with van der Waals surface area (Å²) in [5, 5.41) is 12.1. The van der Waals surface area contributed by atoms with Gasteiger partial charge in [-0.05, 0) is 30.5 Å². The van der Waals surface area contributed by atoms with Crippen LogP contribution in [-0.4, -0.2) is 9.97 Å². The maximum Gasteiger partial charge on any atom is 0.271 e. The number of nitrogens with one attached hydrogen (secondary N) is 2. The van der Waals surface area contributed by atoms with Gasteiger partial charge in [0.15, 0.2) is 11.4 Å². The lowest BCUT2D eigenvalue weighted by molar-refractivity contribution is 0.542. The Kier molecular flexibility index (Phi) is 5.12. The van der Waals surface area contributed by atoms with Crippen LogP contribution in [0.15, 0.2) is 23.0 Å². The number of aryl methyl sites for hydroxylation is 1. The molecule has 0 fully saturated rings. The predicted octanol–water partition coefficient (Wildman–Crippen LogP) is 3.42. The van der Waals surface area contributed by atoms with Gasteiger partial charge in [0.1, 0.15) is 17.7 Å². The fourth-order valence-electron chi connectivity index (χ4n) is 2.14. The van der Waals surface area contributed by atoms with Crippen LogP contribution in [0.5, 0.6) is 0 Å². The van der Waals surface area contributed by atoms with Crippen molar-refractivity contribution in [1.82, 2.24) is 9.97 Å². The maximum absolute atomic E-state index is 13.4. The largest absolute Gasteiger partial charge is 0.339 e. The Morgan fingerprint density at radius 1 is 1.48 bits per heavy atom. The van der Waals surface area contributed by atoms with E-state index in [0.717, 1.165) is 12.0 Å². The smallest absolute Gasteiger partial charge is 0.271 e. The Labute approximate surface area is 134 Å². The van der Waals surface area contributed by atoms with Crippen LogP contribution in [0.1, 0.15) is 37.2 Å². The first-order valence-corrected chi connectivity index (χ1v) is 7.51. The van der Waals surface area contributed by atoms with Crippen molar-refractivity contribution in [2.45, 2.75) is 33.6 Å². The van der Waals surface area contributed by atoms with Crippen LogP contribution in [0.2, 0.25) is 0 Å². The second-order valence-corrected chi connectivity index (χ2v) is 5.65. The van der Waals surface area contributed by atoms with Gasteiger partial charge in [-0.25, -0.2) is 9.37 Å². The number of nitrogens with zero attached hydrogens (tertiary/aromatic N) is 2. The van der Waals surface area contributed by atoms with E-state index in [1.54, 1.807) is 13.0 Å². The fraction of sp³-hybridized carbons (Fsp3) is 0.353. The van der Waals surface area contributed by atoms with Crippen molar-refractivity contribution < 1.29 is 4.39 Å². The van der Waals surface area contributed by atoms with Crippen molar-refractivity contribution in [1.29, 1.82) is 5.26 Å². The fourth-order valence-corrected chi connectivity index (χ4v) is 2.14. The van der Waals surface area contributed by atoms with Gasteiger partial charge in [-0.1, -0.05) is 26.3 Å². The summed E-state index contributed by atoms with van der Waals surface area (Å²) in [6.07, 6.45) is 1.56. The molecule has 0 aliphatic heterocycles. The molecule has 1 aromatic carbocycles. The summed E-state index contributed by atoms with van der Waals surface area (Å²) in [5.41, 5.74) is 0.675. The molecule has 23 heavy (non-hydrogen) atoms. The molecule has 0 bridgehead atoms. The third-order valence-electron chi connectivity index (χ3n) is 3.77. The summed E-state index contributed by atoms with van der Waals surface area (Å²) in [5.74, 6) is 0.624. The van der Waals surface area contributed by atoms with Gasteiger partial charge >= 0.3 is 0 Å². The Balaban J connectivity index is 2.45. The third kappa shape index (κ3) is 3.95. The molecule has 1 atom stereocenters. The summed E-state index contributed by atoms with van der Waals surface area (Å²) < 4.78 is 13.4. The van der Waals surface area contributed by atoms with E-state index in [1.165, 1.54) is 12.1 Å². The zero-order valence-electron chi connectivity index (χ0n) is 13.4. The summed E-state index contributed by atoms with van der Waals surface area (Å²) in [6, 6.07) is 6.14. The molecule has 0 saturated heterocycles. The molecular formula is C17H19FN4O. The number of anilines is 2. The van der Waals surface area contributed by atoms with E-state index in [4.69, 9.17) is 0 Å². The Morgan fingerprint density at radius 3 is 2.87 bits per heavy atom. The molecule has 0 spiro atoms. The normalized spacial score (nSPS) is 11.8. The van der Waals surface area contributed by atoms with Gasteiger partial charge in [-0.15, -0.1) is 0 Å². The molecule has 0 amide bonds. The number of hydrogen-bond donors (Lipinski definition) is 2. The Morgan fingerprint density at radius 2 is 2.22 bits per heavy atom. The predicted molar refractivity (Wildman–Crippen MR) is 87.2 cm³/mol. The van der Waals surface area contributed by atoms with Gasteiger partial charge in [0.2, 0.25) is 0 Å². The van der Waals surface area contributed by atoms with Crippen molar-refractivity contribution in [2.75, 3.05) is 5.32 Å². The topological polar surface area (TPSA) is 81.6 Å². The van der Waals surface area contributed by atoms with Crippen LogP contribution < -0.4 is 10.9 Å². The SMILES string of the molecule is CC[C@H](C)Cc1nc(Nc2cc(F)ccc2C)c(C#N)c(=O)[nH]1. The van der Waals surface area contributed by atoms with Gasteiger partial charge in [-0.3, -0.25) is 4.79 Å². The third-order valence-corrected chi connectivity index (χ3v) is 3.77. The monoisotopic (exact) mass is 314 g/mol. The molecule has 0 saturated carbocycles. The minimum absolute atomic E-state index is 0.110. The highest BCUT2D eigenvalue weighted by Gasteiger charge is 2.14. The van der Waals surface area contributed by atoms with Gasteiger partial charge in [-0.2, -0.15) is 5.26 Å². The molecule has 1 heterocycles. The summed E-state index contributed by atoms with van der Waals surface area (Å²) >= 11 is 0. The lowest BCUT2D eigenvalue weighted by atomic mass is 10.1. The molecule has 2 N–H and O–H groups in total. The van der Waals surface area contributed by atoms with Gasteiger partial charge < -0.3 is 10.3 Å². The number of nitriles is 1. The van der Waals surface area contributed by atoms with Crippen LogP contribution >= 0.6 is 0 Å². The standard InChI is InChI=1S/C17H19FN4O/c1-4-10(2)7-15-21-16(13(9-19)17(23)22-15)20-14-8-12(18)6-5-11(14)3/h5-6,8,10H,4,7H2,1-3H3,(H2,20,21,22,23)/t10-/m0/s1. The number of benzene rings is 1. The molecule has 0 radical (unpaired) electrons. The van der Waals surface area contributed by atoms with E-state index >= 15 is 0 Å². The second kappa shape index (κ2) is 7.05. The number of rotatable bonds is 5. The van der Waals surface area contributed by atoms with Crippen molar-refractivity contribution in [3.05, 3.63) is 51.3 Å².